The Hall–Kier alpha value is -2.93. The zero-order chi connectivity index (χ0) is 20.8. The molecular formula is C23H25N3O3S. The molecule has 7 heteroatoms. The van der Waals surface area contributed by atoms with E-state index in [0.717, 1.165) is 17.7 Å². The predicted molar refractivity (Wildman–Crippen MR) is 116 cm³/mol. The van der Waals surface area contributed by atoms with Gasteiger partial charge < -0.3 is 14.2 Å². The summed E-state index contributed by atoms with van der Waals surface area (Å²) in [7, 11) is 0. The van der Waals surface area contributed by atoms with Gasteiger partial charge in [-0.2, -0.15) is 0 Å². The first-order chi connectivity index (χ1) is 14.7. The fourth-order valence-electron chi connectivity index (χ4n) is 3.62. The van der Waals surface area contributed by atoms with Gasteiger partial charge in [-0.3, -0.25) is 9.59 Å². The number of carbonyl (C=O) groups excluding carboxylic acids is 2. The quantitative estimate of drug-likeness (QED) is 0.582. The third-order valence-corrected chi connectivity index (χ3v) is 6.16. The molecule has 0 spiro atoms. The number of hydrogen-bond donors (Lipinski definition) is 0. The van der Waals surface area contributed by atoms with E-state index >= 15 is 0 Å². The average Bonchev–Trinajstić information content (AvgIpc) is 3.46. The second-order valence-electron chi connectivity index (χ2n) is 7.40. The number of oxazole rings is 1. The SMILES string of the molecule is O=C(CCCc1ccccc1)N1CCN(C(=O)Cc2coc(-c3cccs3)n2)CC1. The first kappa shape index (κ1) is 20.3. The van der Waals surface area contributed by atoms with Crippen LogP contribution in [-0.2, 0) is 22.4 Å². The highest BCUT2D eigenvalue weighted by Crippen LogP contribution is 2.24. The molecule has 0 N–H and O–H groups in total. The average molecular weight is 424 g/mol. The zero-order valence-corrected chi connectivity index (χ0v) is 17.6. The molecule has 4 rings (SSSR count). The fourth-order valence-corrected chi connectivity index (χ4v) is 4.28. The van der Waals surface area contributed by atoms with Gasteiger partial charge in [-0.1, -0.05) is 36.4 Å². The van der Waals surface area contributed by atoms with E-state index in [1.165, 1.54) is 5.56 Å². The van der Waals surface area contributed by atoms with Crippen LogP contribution in [-0.4, -0.2) is 52.8 Å². The molecule has 0 aliphatic carbocycles. The molecule has 2 amide bonds. The molecule has 0 radical (unpaired) electrons. The lowest BCUT2D eigenvalue weighted by Gasteiger charge is -2.34. The molecule has 0 bridgehead atoms. The summed E-state index contributed by atoms with van der Waals surface area (Å²) in [6.45, 7) is 2.32. The lowest BCUT2D eigenvalue weighted by atomic mass is 10.1. The summed E-state index contributed by atoms with van der Waals surface area (Å²) < 4.78 is 5.49. The fraction of sp³-hybridized carbons (Fsp3) is 0.348. The van der Waals surface area contributed by atoms with Crippen molar-refractivity contribution < 1.29 is 14.0 Å². The number of benzene rings is 1. The van der Waals surface area contributed by atoms with Crippen LogP contribution in [0, 0.1) is 0 Å². The zero-order valence-electron chi connectivity index (χ0n) is 16.8. The van der Waals surface area contributed by atoms with Crippen molar-refractivity contribution in [3.05, 3.63) is 65.4 Å². The summed E-state index contributed by atoms with van der Waals surface area (Å²) in [5.74, 6) is 0.756. The van der Waals surface area contributed by atoms with E-state index in [-0.39, 0.29) is 18.2 Å². The van der Waals surface area contributed by atoms with E-state index < -0.39 is 0 Å². The van der Waals surface area contributed by atoms with E-state index in [0.29, 0.717) is 44.2 Å². The second kappa shape index (κ2) is 9.71. The van der Waals surface area contributed by atoms with Crippen LogP contribution >= 0.6 is 11.3 Å². The number of amides is 2. The molecule has 0 unspecified atom stereocenters. The maximum absolute atomic E-state index is 12.6. The number of aromatic nitrogens is 1. The van der Waals surface area contributed by atoms with Crippen LogP contribution in [0.5, 0.6) is 0 Å². The van der Waals surface area contributed by atoms with Crippen LogP contribution in [0.2, 0.25) is 0 Å². The van der Waals surface area contributed by atoms with E-state index in [1.807, 2.05) is 45.5 Å². The van der Waals surface area contributed by atoms with Crippen LogP contribution in [0.15, 0.2) is 58.5 Å². The van der Waals surface area contributed by atoms with E-state index in [2.05, 4.69) is 17.1 Å². The highest BCUT2D eigenvalue weighted by atomic mass is 32.1. The Morgan fingerprint density at radius 3 is 2.40 bits per heavy atom. The Labute approximate surface area is 180 Å². The van der Waals surface area contributed by atoms with Crippen LogP contribution in [0.4, 0.5) is 0 Å². The number of nitrogens with zero attached hydrogens (tertiary/aromatic N) is 3. The lowest BCUT2D eigenvalue weighted by molar-refractivity contribution is -0.139. The van der Waals surface area contributed by atoms with Crippen LogP contribution in [0.25, 0.3) is 10.8 Å². The molecule has 3 aromatic rings. The first-order valence-electron chi connectivity index (χ1n) is 10.3. The third-order valence-electron chi connectivity index (χ3n) is 5.30. The van der Waals surface area contributed by atoms with Gasteiger partial charge in [0.2, 0.25) is 17.7 Å². The van der Waals surface area contributed by atoms with Gasteiger partial charge in [0.1, 0.15) is 6.26 Å². The summed E-state index contributed by atoms with van der Waals surface area (Å²) in [6.07, 6.45) is 4.09. The third kappa shape index (κ3) is 5.16. The summed E-state index contributed by atoms with van der Waals surface area (Å²) >= 11 is 1.55. The Kier molecular flexibility index (Phi) is 6.59. The van der Waals surface area contributed by atoms with Gasteiger partial charge in [-0.25, -0.2) is 4.98 Å². The Morgan fingerprint density at radius 1 is 0.967 bits per heavy atom. The van der Waals surface area contributed by atoms with Gasteiger partial charge in [-0.15, -0.1) is 11.3 Å². The van der Waals surface area contributed by atoms with Gasteiger partial charge in [-0.05, 0) is 29.9 Å². The largest absolute Gasteiger partial charge is 0.444 e. The van der Waals surface area contributed by atoms with Crippen LogP contribution < -0.4 is 0 Å². The molecule has 2 aromatic heterocycles. The topological polar surface area (TPSA) is 66.7 Å². The minimum absolute atomic E-state index is 0.0252. The van der Waals surface area contributed by atoms with Crippen molar-refractivity contribution in [3.63, 3.8) is 0 Å². The minimum atomic E-state index is 0.0252. The molecule has 1 saturated heterocycles. The second-order valence-corrected chi connectivity index (χ2v) is 8.35. The molecule has 1 fully saturated rings. The normalized spacial score (nSPS) is 14.1. The Morgan fingerprint density at radius 2 is 1.70 bits per heavy atom. The maximum atomic E-state index is 12.6. The number of rotatable bonds is 7. The van der Waals surface area contributed by atoms with E-state index in [4.69, 9.17) is 4.42 Å². The Bertz CT molecular complexity index is 961. The van der Waals surface area contributed by atoms with Crippen LogP contribution in [0.1, 0.15) is 24.1 Å². The van der Waals surface area contributed by atoms with E-state index in [1.54, 1.807) is 17.6 Å². The van der Waals surface area contributed by atoms with Gasteiger partial charge in [0.15, 0.2) is 0 Å². The standard InChI is InChI=1S/C23H25N3O3S/c27-21(10-4-8-18-6-2-1-3-7-18)25-11-13-26(14-12-25)22(28)16-19-17-29-23(24-19)20-9-5-15-30-20/h1-3,5-7,9,15,17H,4,8,10-14,16H2. The van der Waals surface area contributed by atoms with Gasteiger partial charge in [0.05, 0.1) is 17.0 Å². The molecule has 6 nitrogen and oxygen atoms in total. The number of hydrogen-bond acceptors (Lipinski definition) is 5. The van der Waals surface area contributed by atoms with Gasteiger partial charge in [0.25, 0.3) is 0 Å². The monoisotopic (exact) mass is 423 g/mol. The van der Waals surface area contributed by atoms with E-state index in [9.17, 15) is 9.59 Å². The molecule has 156 valence electrons. The van der Waals surface area contributed by atoms with Gasteiger partial charge >= 0.3 is 0 Å². The number of thiophene rings is 1. The van der Waals surface area contributed by atoms with Crippen molar-refractivity contribution in [1.82, 2.24) is 14.8 Å². The van der Waals surface area contributed by atoms with Crippen molar-refractivity contribution in [2.75, 3.05) is 26.2 Å². The molecule has 0 saturated carbocycles. The van der Waals surface area contributed by atoms with Crippen molar-refractivity contribution in [3.8, 4) is 10.8 Å². The number of carbonyl (C=O) groups is 2. The van der Waals surface area contributed by atoms with Crippen LogP contribution in [0.3, 0.4) is 0 Å². The summed E-state index contributed by atoms with van der Waals surface area (Å²) in [5.41, 5.74) is 1.90. The maximum Gasteiger partial charge on any atom is 0.236 e. The van der Waals surface area contributed by atoms with Gasteiger partial charge in [0, 0.05) is 32.6 Å². The number of aryl methyl sites for hydroxylation is 1. The minimum Gasteiger partial charge on any atom is -0.444 e. The highest BCUT2D eigenvalue weighted by Gasteiger charge is 2.24. The highest BCUT2D eigenvalue weighted by molar-refractivity contribution is 7.13. The molecule has 3 heterocycles. The molecule has 1 aromatic carbocycles. The smallest absolute Gasteiger partial charge is 0.236 e. The summed E-state index contributed by atoms with van der Waals surface area (Å²) in [4.78, 5) is 34.1. The van der Waals surface area contributed by atoms with Crippen molar-refractivity contribution >= 4 is 23.2 Å². The summed E-state index contributed by atoms with van der Waals surface area (Å²) in [5, 5.41) is 1.97. The first-order valence-corrected chi connectivity index (χ1v) is 11.1. The summed E-state index contributed by atoms with van der Waals surface area (Å²) in [6, 6.07) is 14.1. The number of piperazine rings is 1. The van der Waals surface area contributed by atoms with Crippen molar-refractivity contribution in [2.45, 2.75) is 25.7 Å². The van der Waals surface area contributed by atoms with Crippen molar-refractivity contribution in [1.29, 1.82) is 0 Å². The molecule has 1 aliphatic rings. The predicted octanol–water partition coefficient (Wildman–Crippen LogP) is 3.64. The molecule has 30 heavy (non-hydrogen) atoms. The molecular weight excluding hydrogens is 398 g/mol. The van der Waals surface area contributed by atoms with Crippen molar-refractivity contribution in [2.24, 2.45) is 0 Å². The lowest BCUT2D eigenvalue weighted by Crippen LogP contribution is -2.51. The molecule has 0 atom stereocenters. The molecule has 1 aliphatic heterocycles. The Balaban J connectivity index is 1.20.